The van der Waals surface area contributed by atoms with Crippen LogP contribution in [0.15, 0.2) is 23.0 Å². The van der Waals surface area contributed by atoms with Crippen molar-refractivity contribution in [3.8, 4) is 0 Å². The molecule has 1 saturated heterocycles. The zero-order chi connectivity index (χ0) is 17.6. The lowest BCUT2D eigenvalue weighted by Gasteiger charge is -2.26. The van der Waals surface area contributed by atoms with Gasteiger partial charge in [0.15, 0.2) is 0 Å². The highest BCUT2D eigenvalue weighted by atomic mass is 35.5. The molecule has 3 heterocycles. The predicted molar refractivity (Wildman–Crippen MR) is 92.8 cm³/mol. The molecule has 25 heavy (non-hydrogen) atoms. The summed E-state index contributed by atoms with van der Waals surface area (Å²) in [6.07, 6.45) is 2.00. The topological polar surface area (TPSA) is 78.1 Å². The lowest BCUT2D eigenvalue weighted by Crippen LogP contribution is -2.33. The Kier molecular flexibility index (Phi) is 3.95. The van der Waals surface area contributed by atoms with Crippen LogP contribution in [0.4, 0.5) is 16.2 Å². The Morgan fingerprint density at radius 3 is 2.68 bits per heavy atom. The van der Waals surface area contributed by atoms with Gasteiger partial charge in [0.1, 0.15) is 11.6 Å². The largest absolute Gasteiger partial charge is 0.342 e. The first-order valence-electron chi connectivity index (χ1n) is 8.17. The third-order valence-corrected chi connectivity index (χ3v) is 5.02. The molecule has 0 radical (unpaired) electrons. The summed E-state index contributed by atoms with van der Waals surface area (Å²) in [6.45, 7) is 1.61. The van der Waals surface area contributed by atoms with Gasteiger partial charge in [-0.05, 0) is 25.0 Å². The van der Waals surface area contributed by atoms with Crippen LogP contribution in [0.1, 0.15) is 36.3 Å². The van der Waals surface area contributed by atoms with Gasteiger partial charge in [0, 0.05) is 36.0 Å². The van der Waals surface area contributed by atoms with Crippen molar-refractivity contribution in [2.75, 3.05) is 23.3 Å². The Hall–Kier alpha value is -2.41. The molecule has 1 atom stereocenters. The van der Waals surface area contributed by atoms with Crippen molar-refractivity contribution in [3.63, 3.8) is 0 Å². The van der Waals surface area contributed by atoms with Crippen LogP contribution in [0, 0.1) is 5.82 Å². The van der Waals surface area contributed by atoms with Gasteiger partial charge >= 0.3 is 0 Å². The molecule has 1 aromatic carbocycles. The smallest absolute Gasteiger partial charge is 0.258 e. The summed E-state index contributed by atoms with van der Waals surface area (Å²) in [5.41, 5.74) is 0.0206. The number of fused-ring (bicyclic) bond motifs is 1. The SMILES string of the molecule is O=C1CC(c2c(F)cccc2Cl)c2c(nc(N3CCCC3)[nH]c2=O)N1. The first-order chi connectivity index (χ1) is 12.0. The average molecular weight is 363 g/mol. The van der Waals surface area contributed by atoms with Crippen molar-refractivity contribution < 1.29 is 9.18 Å². The number of halogens is 2. The van der Waals surface area contributed by atoms with E-state index < -0.39 is 11.7 Å². The summed E-state index contributed by atoms with van der Waals surface area (Å²) in [5, 5.41) is 2.83. The van der Waals surface area contributed by atoms with E-state index in [2.05, 4.69) is 15.3 Å². The number of carbonyl (C=O) groups excluding carboxylic acids is 1. The van der Waals surface area contributed by atoms with E-state index in [9.17, 15) is 14.0 Å². The third-order valence-electron chi connectivity index (χ3n) is 4.69. The van der Waals surface area contributed by atoms with Crippen LogP contribution in [0.25, 0.3) is 0 Å². The number of nitrogens with one attached hydrogen (secondary N) is 2. The number of nitrogens with zero attached hydrogens (tertiary/aromatic N) is 2. The number of benzene rings is 1. The minimum Gasteiger partial charge on any atom is -0.342 e. The molecule has 2 aliphatic heterocycles. The van der Waals surface area contributed by atoms with E-state index in [0.29, 0.717) is 5.95 Å². The fraction of sp³-hybridized carbons (Fsp3) is 0.353. The summed E-state index contributed by atoms with van der Waals surface area (Å²) in [6, 6.07) is 4.31. The van der Waals surface area contributed by atoms with Gasteiger partial charge in [-0.2, -0.15) is 4.98 Å². The number of aromatic amines is 1. The molecule has 0 saturated carbocycles. The number of anilines is 2. The van der Waals surface area contributed by atoms with E-state index in [4.69, 9.17) is 11.6 Å². The summed E-state index contributed by atoms with van der Waals surface area (Å²) >= 11 is 6.15. The number of aromatic nitrogens is 2. The van der Waals surface area contributed by atoms with Crippen molar-refractivity contribution in [2.24, 2.45) is 0 Å². The van der Waals surface area contributed by atoms with E-state index in [1.165, 1.54) is 12.1 Å². The third kappa shape index (κ3) is 2.78. The minimum absolute atomic E-state index is 0.0541. The first-order valence-corrected chi connectivity index (χ1v) is 8.55. The number of hydrogen-bond donors (Lipinski definition) is 2. The van der Waals surface area contributed by atoms with Crippen LogP contribution in [0.5, 0.6) is 0 Å². The van der Waals surface area contributed by atoms with Gasteiger partial charge < -0.3 is 10.2 Å². The molecule has 1 fully saturated rings. The number of hydrogen-bond acceptors (Lipinski definition) is 4. The standard InChI is InChI=1S/C17H16ClFN4O2/c18-10-4-3-5-11(19)13(10)9-8-12(24)20-15-14(9)16(25)22-17(21-15)23-6-1-2-7-23/h3-5,9H,1-2,6-8H2,(H2,20,21,22,24,25). The fourth-order valence-corrected chi connectivity index (χ4v) is 3.82. The second-order valence-corrected chi connectivity index (χ2v) is 6.69. The Labute approximate surface area is 148 Å². The van der Waals surface area contributed by atoms with Gasteiger partial charge in [-0.15, -0.1) is 0 Å². The molecule has 2 aliphatic rings. The van der Waals surface area contributed by atoms with Gasteiger partial charge in [0.25, 0.3) is 5.56 Å². The summed E-state index contributed by atoms with van der Waals surface area (Å²) < 4.78 is 14.4. The zero-order valence-electron chi connectivity index (χ0n) is 13.3. The zero-order valence-corrected chi connectivity index (χ0v) is 14.1. The molecule has 8 heteroatoms. The molecular weight excluding hydrogens is 347 g/mol. The van der Waals surface area contributed by atoms with Crippen LogP contribution in [0.2, 0.25) is 5.02 Å². The maximum atomic E-state index is 14.4. The van der Waals surface area contributed by atoms with Crippen molar-refractivity contribution in [2.45, 2.75) is 25.2 Å². The summed E-state index contributed by atoms with van der Waals surface area (Å²) in [4.78, 5) is 34.0. The van der Waals surface area contributed by atoms with Crippen LogP contribution in [0.3, 0.4) is 0 Å². The molecule has 0 aliphatic carbocycles. The highest BCUT2D eigenvalue weighted by Gasteiger charge is 2.34. The summed E-state index contributed by atoms with van der Waals surface area (Å²) in [5.74, 6) is -1.00. The predicted octanol–water partition coefficient (Wildman–Crippen LogP) is 2.64. The molecular formula is C17H16ClFN4O2. The molecule has 1 amide bonds. The molecule has 1 unspecified atom stereocenters. The molecule has 130 valence electrons. The molecule has 2 aromatic rings. The monoisotopic (exact) mass is 362 g/mol. The second-order valence-electron chi connectivity index (χ2n) is 6.29. The lowest BCUT2D eigenvalue weighted by molar-refractivity contribution is -0.116. The van der Waals surface area contributed by atoms with E-state index >= 15 is 0 Å². The Morgan fingerprint density at radius 2 is 1.96 bits per heavy atom. The van der Waals surface area contributed by atoms with E-state index in [1.54, 1.807) is 6.07 Å². The highest BCUT2D eigenvalue weighted by molar-refractivity contribution is 6.31. The van der Waals surface area contributed by atoms with Crippen LogP contribution in [-0.2, 0) is 4.79 Å². The van der Waals surface area contributed by atoms with E-state index in [0.717, 1.165) is 25.9 Å². The van der Waals surface area contributed by atoms with Crippen molar-refractivity contribution in [1.29, 1.82) is 0 Å². The molecule has 4 rings (SSSR count). The van der Waals surface area contributed by atoms with Crippen LogP contribution < -0.4 is 15.8 Å². The second kappa shape index (κ2) is 6.15. The van der Waals surface area contributed by atoms with Crippen LogP contribution in [-0.4, -0.2) is 29.0 Å². The van der Waals surface area contributed by atoms with Gasteiger partial charge in [0.05, 0.1) is 5.56 Å². The van der Waals surface area contributed by atoms with Crippen molar-refractivity contribution in [3.05, 3.63) is 50.5 Å². The van der Waals surface area contributed by atoms with Crippen molar-refractivity contribution in [1.82, 2.24) is 9.97 Å². The Balaban J connectivity index is 1.86. The maximum absolute atomic E-state index is 14.4. The molecule has 0 bridgehead atoms. The average Bonchev–Trinajstić information content (AvgIpc) is 3.08. The van der Waals surface area contributed by atoms with Gasteiger partial charge in [-0.25, -0.2) is 4.39 Å². The van der Waals surface area contributed by atoms with Gasteiger partial charge in [-0.1, -0.05) is 17.7 Å². The molecule has 0 spiro atoms. The Bertz CT molecular complexity index is 888. The number of rotatable bonds is 2. The number of amides is 1. The van der Waals surface area contributed by atoms with Gasteiger partial charge in [0.2, 0.25) is 11.9 Å². The van der Waals surface area contributed by atoms with Crippen LogP contribution >= 0.6 is 11.6 Å². The lowest BCUT2D eigenvalue weighted by atomic mass is 9.86. The minimum atomic E-state index is -0.763. The number of carbonyl (C=O) groups is 1. The molecule has 6 nitrogen and oxygen atoms in total. The number of H-pyrrole nitrogens is 1. The summed E-state index contributed by atoms with van der Waals surface area (Å²) in [7, 11) is 0. The maximum Gasteiger partial charge on any atom is 0.258 e. The van der Waals surface area contributed by atoms with Gasteiger partial charge in [-0.3, -0.25) is 14.6 Å². The highest BCUT2D eigenvalue weighted by Crippen LogP contribution is 2.38. The first kappa shape index (κ1) is 16.1. The van der Waals surface area contributed by atoms with E-state index in [-0.39, 0.29) is 39.9 Å². The Morgan fingerprint density at radius 1 is 1.20 bits per heavy atom. The fourth-order valence-electron chi connectivity index (χ4n) is 3.53. The van der Waals surface area contributed by atoms with E-state index in [1.807, 2.05) is 4.90 Å². The molecule has 2 N–H and O–H groups in total. The molecule has 1 aromatic heterocycles. The normalized spacial score (nSPS) is 19.7. The quantitative estimate of drug-likeness (QED) is 0.861. The van der Waals surface area contributed by atoms with Crippen molar-refractivity contribution >= 4 is 29.3 Å².